The normalized spacial score (nSPS) is 11.6. The zero-order chi connectivity index (χ0) is 22.6. The van der Waals surface area contributed by atoms with E-state index in [0.717, 1.165) is 12.0 Å². The molecule has 1 N–H and O–H groups in total. The zero-order valence-electron chi connectivity index (χ0n) is 18.1. The van der Waals surface area contributed by atoms with Crippen molar-refractivity contribution in [3.63, 3.8) is 0 Å². The Morgan fingerprint density at radius 2 is 1.61 bits per heavy atom. The second kappa shape index (κ2) is 13.2. The van der Waals surface area contributed by atoms with Gasteiger partial charge in [0.05, 0.1) is 6.61 Å². The first-order valence-electron chi connectivity index (χ1n) is 10.6. The molecule has 0 heterocycles. The van der Waals surface area contributed by atoms with Gasteiger partial charge in [-0.05, 0) is 61.2 Å². The molecule has 2 rings (SSSR count). The van der Waals surface area contributed by atoms with Crippen LogP contribution in [-0.2, 0) is 16.1 Å². The lowest BCUT2D eigenvalue weighted by atomic mass is 10.1. The second-order valence-corrected chi connectivity index (χ2v) is 8.14. The molecule has 0 bridgehead atoms. The van der Waals surface area contributed by atoms with E-state index >= 15 is 0 Å². The Kier molecular flexibility index (Phi) is 10.7. The highest BCUT2D eigenvalue weighted by Gasteiger charge is 2.28. The molecule has 0 fully saturated rings. The first-order valence-corrected chi connectivity index (χ1v) is 11.4. The van der Waals surface area contributed by atoms with Gasteiger partial charge in [0.25, 0.3) is 0 Å². The quantitative estimate of drug-likeness (QED) is 0.422. The van der Waals surface area contributed by atoms with Crippen molar-refractivity contribution in [1.82, 2.24) is 10.2 Å². The third-order valence-corrected chi connectivity index (χ3v) is 5.32. The van der Waals surface area contributed by atoms with Gasteiger partial charge in [0.15, 0.2) is 0 Å². The lowest BCUT2D eigenvalue weighted by Crippen LogP contribution is -2.49. The SMILES string of the molecule is CCCNC(=O)[C@H](CC)N(Cc1ccc(Cl)cc1)C(=O)CCCOc1ccc(Cl)cc1. The highest BCUT2D eigenvalue weighted by Crippen LogP contribution is 2.18. The van der Waals surface area contributed by atoms with Gasteiger partial charge >= 0.3 is 0 Å². The number of hydrogen-bond acceptors (Lipinski definition) is 3. The van der Waals surface area contributed by atoms with Crippen molar-refractivity contribution in [2.24, 2.45) is 0 Å². The Balaban J connectivity index is 2.02. The molecule has 2 amide bonds. The topological polar surface area (TPSA) is 58.6 Å². The Labute approximate surface area is 194 Å². The number of carbonyl (C=O) groups is 2. The molecule has 0 saturated carbocycles. The Bertz CT molecular complexity index is 826. The minimum absolute atomic E-state index is 0.0758. The van der Waals surface area contributed by atoms with E-state index in [1.165, 1.54) is 0 Å². The van der Waals surface area contributed by atoms with Crippen LogP contribution in [0.1, 0.15) is 45.1 Å². The number of halogens is 2. The molecule has 7 heteroatoms. The summed E-state index contributed by atoms with van der Waals surface area (Å²) in [5.74, 6) is 0.512. The van der Waals surface area contributed by atoms with Crippen LogP contribution >= 0.6 is 23.2 Å². The van der Waals surface area contributed by atoms with Crippen LogP contribution < -0.4 is 10.1 Å². The van der Waals surface area contributed by atoms with Crippen molar-refractivity contribution in [1.29, 1.82) is 0 Å². The molecule has 5 nitrogen and oxygen atoms in total. The molecule has 168 valence electrons. The lowest BCUT2D eigenvalue weighted by molar-refractivity contribution is -0.141. The standard InChI is InChI=1S/C24H30Cl2N2O3/c1-3-15-27-24(30)22(4-2)28(17-18-7-9-19(25)10-8-18)23(29)6-5-16-31-21-13-11-20(26)12-14-21/h7-14,22H,3-6,15-17H2,1-2H3,(H,27,30)/t22-/m0/s1. The summed E-state index contributed by atoms with van der Waals surface area (Å²) < 4.78 is 5.69. The van der Waals surface area contributed by atoms with Crippen molar-refractivity contribution in [3.05, 3.63) is 64.1 Å². The molecule has 0 radical (unpaired) electrons. The van der Waals surface area contributed by atoms with E-state index in [1.807, 2.05) is 26.0 Å². The number of benzene rings is 2. The monoisotopic (exact) mass is 464 g/mol. The molecule has 0 aliphatic heterocycles. The fraction of sp³-hybridized carbons (Fsp3) is 0.417. The summed E-state index contributed by atoms with van der Waals surface area (Å²) in [4.78, 5) is 27.5. The van der Waals surface area contributed by atoms with Crippen LogP contribution in [0.15, 0.2) is 48.5 Å². The summed E-state index contributed by atoms with van der Waals surface area (Å²) in [5, 5.41) is 4.20. The predicted octanol–water partition coefficient (Wildman–Crippen LogP) is 5.49. The van der Waals surface area contributed by atoms with E-state index in [9.17, 15) is 9.59 Å². The van der Waals surface area contributed by atoms with E-state index in [-0.39, 0.29) is 11.8 Å². The fourth-order valence-corrected chi connectivity index (χ4v) is 3.41. The summed E-state index contributed by atoms with van der Waals surface area (Å²) in [6, 6.07) is 13.9. The molecule has 2 aromatic rings. The summed E-state index contributed by atoms with van der Waals surface area (Å²) >= 11 is 11.9. The van der Waals surface area contributed by atoms with E-state index in [0.29, 0.717) is 54.8 Å². The molecule has 31 heavy (non-hydrogen) atoms. The molecule has 0 saturated heterocycles. The van der Waals surface area contributed by atoms with Crippen molar-refractivity contribution < 1.29 is 14.3 Å². The Morgan fingerprint density at radius 3 is 2.19 bits per heavy atom. The van der Waals surface area contributed by atoms with Crippen LogP contribution in [0.25, 0.3) is 0 Å². The first kappa shape index (κ1) is 25.0. The number of amides is 2. The van der Waals surface area contributed by atoms with Crippen molar-refractivity contribution in [2.75, 3.05) is 13.2 Å². The van der Waals surface area contributed by atoms with Crippen LogP contribution in [0, 0.1) is 0 Å². The second-order valence-electron chi connectivity index (χ2n) is 7.27. The Morgan fingerprint density at radius 1 is 1.00 bits per heavy atom. The summed E-state index contributed by atoms with van der Waals surface area (Å²) in [7, 11) is 0. The zero-order valence-corrected chi connectivity index (χ0v) is 19.6. The minimum Gasteiger partial charge on any atom is -0.494 e. The van der Waals surface area contributed by atoms with Crippen molar-refractivity contribution in [3.8, 4) is 5.75 Å². The fourth-order valence-electron chi connectivity index (χ4n) is 3.16. The molecule has 0 unspecified atom stereocenters. The first-order chi connectivity index (χ1) is 14.9. The maximum atomic E-state index is 13.1. The summed E-state index contributed by atoms with van der Waals surface area (Å²) in [6.45, 7) is 5.26. The minimum atomic E-state index is -0.521. The van der Waals surface area contributed by atoms with E-state index in [2.05, 4.69) is 5.32 Å². The number of hydrogen-bond donors (Lipinski definition) is 1. The van der Waals surface area contributed by atoms with Gasteiger partial charge in [-0.1, -0.05) is 49.2 Å². The van der Waals surface area contributed by atoms with Crippen molar-refractivity contribution in [2.45, 2.75) is 52.1 Å². The number of nitrogens with one attached hydrogen (secondary N) is 1. The van der Waals surface area contributed by atoms with Crippen molar-refractivity contribution >= 4 is 35.0 Å². The number of carbonyl (C=O) groups excluding carboxylic acids is 2. The number of rotatable bonds is 12. The molecule has 0 aliphatic carbocycles. The van der Waals surface area contributed by atoms with Gasteiger partial charge < -0.3 is 15.0 Å². The third kappa shape index (κ3) is 8.42. The summed E-state index contributed by atoms with van der Waals surface area (Å²) in [6.07, 6.45) is 2.22. The maximum Gasteiger partial charge on any atom is 0.242 e. The van der Waals surface area contributed by atoms with E-state index < -0.39 is 6.04 Å². The average molecular weight is 465 g/mol. The molecular formula is C24H30Cl2N2O3. The molecule has 1 atom stereocenters. The van der Waals surface area contributed by atoms with Gasteiger partial charge in [0.1, 0.15) is 11.8 Å². The van der Waals surface area contributed by atoms with Gasteiger partial charge in [-0.2, -0.15) is 0 Å². The molecule has 2 aromatic carbocycles. The molecule has 0 aromatic heterocycles. The molecule has 0 aliphatic rings. The van der Waals surface area contributed by atoms with Gasteiger partial charge in [-0.25, -0.2) is 0 Å². The predicted molar refractivity (Wildman–Crippen MR) is 126 cm³/mol. The highest BCUT2D eigenvalue weighted by atomic mass is 35.5. The smallest absolute Gasteiger partial charge is 0.242 e. The summed E-state index contributed by atoms with van der Waals surface area (Å²) in [5.41, 5.74) is 0.928. The largest absolute Gasteiger partial charge is 0.494 e. The van der Waals surface area contributed by atoms with Crippen LogP contribution in [0.4, 0.5) is 0 Å². The van der Waals surface area contributed by atoms with Gasteiger partial charge in [-0.3, -0.25) is 9.59 Å². The van der Waals surface area contributed by atoms with Crippen LogP contribution in [0.3, 0.4) is 0 Å². The molecular weight excluding hydrogens is 435 g/mol. The van der Waals surface area contributed by atoms with Gasteiger partial charge in [0, 0.05) is 29.6 Å². The Hall–Kier alpha value is -2.24. The maximum absolute atomic E-state index is 13.1. The van der Waals surface area contributed by atoms with Gasteiger partial charge in [0.2, 0.25) is 11.8 Å². The average Bonchev–Trinajstić information content (AvgIpc) is 2.77. The van der Waals surface area contributed by atoms with Gasteiger partial charge in [-0.15, -0.1) is 0 Å². The highest BCUT2D eigenvalue weighted by molar-refractivity contribution is 6.30. The van der Waals surface area contributed by atoms with Crippen LogP contribution in [-0.4, -0.2) is 35.9 Å². The lowest BCUT2D eigenvalue weighted by Gasteiger charge is -2.30. The number of nitrogens with zero attached hydrogens (tertiary/aromatic N) is 1. The van der Waals surface area contributed by atoms with Crippen LogP contribution in [0.2, 0.25) is 10.0 Å². The number of ether oxygens (including phenoxy) is 1. The van der Waals surface area contributed by atoms with E-state index in [1.54, 1.807) is 41.3 Å². The third-order valence-electron chi connectivity index (χ3n) is 4.82. The molecule has 0 spiro atoms. The van der Waals surface area contributed by atoms with Crippen LogP contribution in [0.5, 0.6) is 5.75 Å². The van der Waals surface area contributed by atoms with E-state index in [4.69, 9.17) is 27.9 Å².